The van der Waals surface area contributed by atoms with Crippen molar-refractivity contribution in [3.8, 4) is 17.1 Å². The molecule has 10 nitrogen and oxygen atoms in total. The first-order valence-electron chi connectivity index (χ1n) is 9.46. The Kier molecular flexibility index (Phi) is 5.87. The predicted molar refractivity (Wildman–Crippen MR) is 108 cm³/mol. The van der Waals surface area contributed by atoms with Gasteiger partial charge in [0.15, 0.2) is 5.75 Å². The maximum absolute atomic E-state index is 11.7. The number of para-hydroxylation sites is 1. The molecule has 0 aliphatic carbocycles. The number of morpholine rings is 1. The van der Waals surface area contributed by atoms with E-state index in [1.165, 1.54) is 6.20 Å². The van der Waals surface area contributed by atoms with Crippen LogP contribution >= 0.6 is 0 Å². The van der Waals surface area contributed by atoms with Crippen LogP contribution in [0.15, 0.2) is 41.2 Å². The first kappa shape index (κ1) is 19.8. The molecule has 0 spiro atoms. The lowest BCUT2D eigenvalue weighted by Gasteiger charge is -2.24. The molecule has 0 unspecified atom stereocenters. The average Bonchev–Trinajstić information content (AvgIpc) is 3.23. The number of amides is 1. The highest BCUT2D eigenvalue weighted by molar-refractivity contribution is 5.99. The van der Waals surface area contributed by atoms with Crippen molar-refractivity contribution in [2.45, 2.75) is 6.54 Å². The lowest BCUT2D eigenvalue weighted by Crippen LogP contribution is -2.35. The molecule has 1 aliphatic rings. The molecule has 10 heteroatoms. The van der Waals surface area contributed by atoms with Gasteiger partial charge in [0.1, 0.15) is 0 Å². The van der Waals surface area contributed by atoms with Crippen LogP contribution in [0.25, 0.3) is 11.4 Å². The molecular weight excluding hydrogens is 388 g/mol. The molecule has 0 bridgehead atoms. The van der Waals surface area contributed by atoms with E-state index in [2.05, 4.69) is 25.3 Å². The molecule has 1 amide bonds. The topological polar surface area (TPSA) is 129 Å². The molecule has 1 saturated heterocycles. The van der Waals surface area contributed by atoms with Crippen molar-refractivity contribution in [2.24, 2.45) is 5.73 Å². The molecule has 0 atom stereocenters. The summed E-state index contributed by atoms with van der Waals surface area (Å²) in [4.78, 5) is 22.4. The van der Waals surface area contributed by atoms with E-state index in [0.717, 1.165) is 13.1 Å². The Morgan fingerprint density at radius 1 is 1.27 bits per heavy atom. The lowest BCUT2D eigenvalue weighted by atomic mass is 10.1. The summed E-state index contributed by atoms with van der Waals surface area (Å²) < 4.78 is 16.4. The Balaban J connectivity index is 1.60. The van der Waals surface area contributed by atoms with Gasteiger partial charge in [0.25, 0.3) is 5.91 Å². The van der Waals surface area contributed by atoms with Gasteiger partial charge < -0.3 is 25.0 Å². The second-order valence-corrected chi connectivity index (χ2v) is 6.70. The fraction of sp³-hybridized carbons (Fsp3) is 0.300. The van der Waals surface area contributed by atoms with Gasteiger partial charge in [-0.25, -0.2) is 0 Å². The van der Waals surface area contributed by atoms with Crippen molar-refractivity contribution >= 4 is 17.3 Å². The van der Waals surface area contributed by atoms with Gasteiger partial charge in [0.05, 0.1) is 49.4 Å². The summed E-state index contributed by atoms with van der Waals surface area (Å²) in [7, 11) is 1.56. The maximum Gasteiger partial charge on any atom is 0.252 e. The molecule has 30 heavy (non-hydrogen) atoms. The van der Waals surface area contributed by atoms with Gasteiger partial charge in [-0.1, -0.05) is 11.2 Å². The molecule has 1 fully saturated rings. The van der Waals surface area contributed by atoms with Gasteiger partial charge in [-0.2, -0.15) is 4.98 Å². The third-order valence-electron chi connectivity index (χ3n) is 4.75. The molecule has 156 valence electrons. The zero-order valence-electron chi connectivity index (χ0n) is 16.5. The van der Waals surface area contributed by atoms with E-state index in [4.69, 9.17) is 19.7 Å². The lowest BCUT2D eigenvalue weighted by molar-refractivity contribution is 0.0297. The summed E-state index contributed by atoms with van der Waals surface area (Å²) in [5, 5.41) is 7.30. The third-order valence-corrected chi connectivity index (χ3v) is 4.75. The number of hydrogen-bond acceptors (Lipinski definition) is 9. The predicted octanol–water partition coefficient (Wildman–Crippen LogP) is 1.81. The van der Waals surface area contributed by atoms with Crippen LogP contribution < -0.4 is 15.8 Å². The number of carbonyl (C=O) groups excluding carboxylic acids is 1. The van der Waals surface area contributed by atoms with Crippen LogP contribution in [0.1, 0.15) is 16.2 Å². The molecule has 2 aromatic heterocycles. The molecular formula is C20H22N6O4. The quantitative estimate of drug-likeness (QED) is 0.599. The number of nitrogens with two attached hydrogens (primary N) is 1. The largest absolute Gasteiger partial charge is 0.494 e. The van der Waals surface area contributed by atoms with Gasteiger partial charge in [0.2, 0.25) is 11.7 Å². The number of hydrogen-bond donors (Lipinski definition) is 2. The normalized spacial score (nSPS) is 14.4. The van der Waals surface area contributed by atoms with Crippen molar-refractivity contribution in [3.63, 3.8) is 0 Å². The van der Waals surface area contributed by atoms with E-state index in [1.54, 1.807) is 19.4 Å². The van der Waals surface area contributed by atoms with Crippen molar-refractivity contribution < 1.29 is 18.8 Å². The van der Waals surface area contributed by atoms with Crippen LogP contribution in [0.4, 0.5) is 11.4 Å². The minimum absolute atomic E-state index is 0.275. The zero-order valence-corrected chi connectivity index (χ0v) is 16.5. The fourth-order valence-electron chi connectivity index (χ4n) is 3.26. The van der Waals surface area contributed by atoms with Crippen LogP contribution in [0.3, 0.4) is 0 Å². The average molecular weight is 410 g/mol. The van der Waals surface area contributed by atoms with Crippen molar-refractivity contribution in [3.05, 3.63) is 48.1 Å². The minimum atomic E-state index is -0.577. The number of rotatable bonds is 7. The van der Waals surface area contributed by atoms with Crippen molar-refractivity contribution in [1.29, 1.82) is 0 Å². The Hall–Kier alpha value is -3.50. The van der Waals surface area contributed by atoms with Crippen LogP contribution in [-0.4, -0.2) is 59.3 Å². The third kappa shape index (κ3) is 4.24. The SMILES string of the molecule is COc1c(Nc2ccncc2C(N)=O)cccc1-c1noc(CN2CCOCC2)n1. The van der Waals surface area contributed by atoms with E-state index >= 15 is 0 Å². The van der Waals surface area contributed by atoms with Crippen LogP contribution in [-0.2, 0) is 11.3 Å². The Morgan fingerprint density at radius 3 is 2.87 bits per heavy atom. The highest BCUT2D eigenvalue weighted by Crippen LogP contribution is 2.37. The van der Waals surface area contributed by atoms with Crippen molar-refractivity contribution in [2.75, 3.05) is 38.7 Å². The second-order valence-electron chi connectivity index (χ2n) is 6.70. The monoisotopic (exact) mass is 410 g/mol. The van der Waals surface area contributed by atoms with E-state index in [9.17, 15) is 4.79 Å². The molecule has 3 N–H and O–H groups in total. The first-order chi connectivity index (χ1) is 14.7. The van der Waals surface area contributed by atoms with Gasteiger partial charge in [-0.15, -0.1) is 0 Å². The van der Waals surface area contributed by atoms with Gasteiger partial charge >= 0.3 is 0 Å². The first-order valence-corrected chi connectivity index (χ1v) is 9.46. The van der Waals surface area contributed by atoms with Gasteiger partial charge in [-0.05, 0) is 18.2 Å². The number of benzene rings is 1. The Labute approximate surface area is 173 Å². The minimum Gasteiger partial charge on any atom is -0.494 e. The van der Waals surface area contributed by atoms with E-state index in [-0.39, 0.29) is 5.56 Å². The molecule has 3 aromatic rings. The van der Waals surface area contributed by atoms with E-state index in [0.29, 0.717) is 54.2 Å². The summed E-state index contributed by atoms with van der Waals surface area (Å²) in [6.45, 7) is 3.62. The maximum atomic E-state index is 11.7. The number of nitrogens with zero attached hydrogens (tertiary/aromatic N) is 4. The molecule has 4 rings (SSSR count). The highest BCUT2D eigenvalue weighted by Gasteiger charge is 2.19. The fourth-order valence-corrected chi connectivity index (χ4v) is 3.26. The number of nitrogens with one attached hydrogen (secondary N) is 1. The number of methoxy groups -OCH3 is 1. The summed E-state index contributed by atoms with van der Waals surface area (Å²) in [6, 6.07) is 7.17. The van der Waals surface area contributed by atoms with Gasteiger partial charge in [-0.3, -0.25) is 14.7 Å². The number of primary amides is 1. The molecule has 0 radical (unpaired) electrons. The Bertz CT molecular complexity index is 1030. The number of anilines is 2. The summed E-state index contributed by atoms with van der Waals surface area (Å²) in [5.41, 5.74) is 7.53. The standard InChI is InChI=1S/C20H22N6O4/c1-28-18-13(20-24-17(30-25-20)12-26-7-9-29-10-8-26)3-2-4-16(18)23-15-5-6-22-11-14(15)19(21)27/h2-6,11H,7-10,12H2,1H3,(H2,21,27)(H,22,23). The van der Waals surface area contributed by atoms with Crippen LogP contribution in [0.2, 0.25) is 0 Å². The van der Waals surface area contributed by atoms with Gasteiger partial charge in [0, 0.05) is 25.5 Å². The summed E-state index contributed by atoms with van der Waals surface area (Å²) in [6.07, 6.45) is 2.99. The number of ether oxygens (including phenoxy) is 2. The van der Waals surface area contributed by atoms with Crippen molar-refractivity contribution in [1.82, 2.24) is 20.0 Å². The smallest absolute Gasteiger partial charge is 0.252 e. The molecule has 0 saturated carbocycles. The molecule has 1 aliphatic heterocycles. The summed E-state index contributed by atoms with van der Waals surface area (Å²) >= 11 is 0. The van der Waals surface area contributed by atoms with Crippen LogP contribution in [0, 0.1) is 0 Å². The summed E-state index contributed by atoms with van der Waals surface area (Å²) in [5.74, 6) is 0.885. The number of pyridine rings is 1. The molecule has 3 heterocycles. The number of carbonyl (C=O) groups is 1. The van der Waals surface area contributed by atoms with E-state index in [1.807, 2.05) is 18.2 Å². The molecule has 1 aromatic carbocycles. The van der Waals surface area contributed by atoms with E-state index < -0.39 is 5.91 Å². The zero-order chi connectivity index (χ0) is 20.9. The second kappa shape index (κ2) is 8.89. The number of aromatic nitrogens is 3. The highest BCUT2D eigenvalue weighted by atomic mass is 16.5. The van der Waals surface area contributed by atoms with Crippen LogP contribution in [0.5, 0.6) is 5.75 Å². The Morgan fingerprint density at radius 2 is 2.10 bits per heavy atom.